The lowest BCUT2D eigenvalue weighted by Gasteiger charge is -2.38. The van der Waals surface area contributed by atoms with E-state index in [0.29, 0.717) is 5.56 Å². The van der Waals surface area contributed by atoms with Crippen LogP contribution in [0.5, 0.6) is 0 Å². The van der Waals surface area contributed by atoms with Crippen LogP contribution in [0.25, 0.3) is 0 Å². The first-order valence-corrected chi connectivity index (χ1v) is 8.14. The van der Waals surface area contributed by atoms with Crippen LogP contribution in [-0.4, -0.2) is 18.9 Å². The van der Waals surface area contributed by atoms with E-state index >= 15 is 0 Å². The van der Waals surface area contributed by atoms with Crippen LogP contribution in [0.15, 0.2) is 23.1 Å². The molecule has 0 aromatic heterocycles. The van der Waals surface area contributed by atoms with E-state index in [4.69, 9.17) is 29.6 Å². The third-order valence-electron chi connectivity index (χ3n) is 3.34. The Labute approximate surface area is 123 Å². The minimum Gasteiger partial charge on any atom is -0.389 e. The van der Waals surface area contributed by atoms with Crippen molar-refractivity contribution in [3.05, 3.63) is 28.8 Å². The fraction of sp³-hybridized carbons (Fsp3) is 0.417. The highest BCUT2D eigenvalue weighted by molar-refractivity contribution is 7.89. The quantitative estimate of drug-likeness (QED) is 0.835. The molecule has 104 valence electrons. The van der Waals surface area contributed by atoms with E-state index in [1.807, 2.05) is 6.92 Å². The Balaban J connectivity index is 2.33. The fourth-order valence-electron chi connectivity index (χ4n) is 2.06. The molecule has 19 heavy (non-hydrogen) atoms. The number of thiocarbonyl (C=S) groups is 1. The van der Waals surface area contributed by atoms with Gasteiger partial charge < -0.3 is 5.73 Å². The smallest absolute Gasteiger partial charge is 0.242 e. The van der Waals surface area contributed by atoms with Crippen LogP contribution in [0.4, 0.5) is 0 Å². The Morgan fingerprint density at radius 1 is 1.47 bits per heavy atom. The molecule has 1 aromatic carbocycles. The SMILES string of the molecule is CC1(NS(=O)(=O)c2ccc(C(N)=S)cc2Cl)CCC1. The van der Waals surface area contributed by atoms with Gasteiger partial charge in [0, 0.05) is 11.1 Å². The van der Waals surface area contributed by atoms with Crippen molar-refractivity contribution in [1.29, 1.82) is 0 Å². The van der Waals surface area contributed by atoms with E-state index in [0.717, 1.165) is 19.3 Å². The molecular weight excluding hydrogens is 304 g/mol. The number of hydrogen-bond acceptors (Lipinski definition) is 3. The molecule has 0 radical (unpaired) electrons. The fourth-order valence-corrected chi connectivity index (χ4v) is 4.20. The number of rotatable bonds is 4. The number of benzene rings is 1. The number of sulfonamides is 1. The second-order valence-corrected chi connectivity index (χ2v) is 7.53. The summed E-state index contributed by atoms with van der Waals surface area (Å²) >= 11 is 10.8. The summed E-state index contributed by atoms with van der Waals surface area (Å²) in [5.41, 5.74) is 5.67. The zero-order valence-corrected chi connectivity index (χ0v) is 12.8. The zero-order chi connectivity index (χ0) is 14.3. The number of nitrogens with two attached hydrogens (primary N) is 1. The summed E-state index contributed by atoms with van der Waals surface area (Å²) in [7, 11) is -3.62. The van der Waals surface area contributed by atoms with E-state index in [1.165, 1.54) is 12.1 Å². The molecule has 0 aliphatic heterocycles. The first-order valence-electron chi connectivity index (χ1n) is 5.87. The van der Waals surface area contributed by atoms with Crippen molar-refractivity contribution in [3.63, 3.8) is 0 Å². The Hall–Kier alpha value is -0.690. The summed E-state index contributed by atoms with van der Waals surface area (Å²) in [6.45, 7) is 1.89. The van der Waals surface area contributed by atoms with Gasteiger partial charge >= 0.3 is 0 Å². The average molecular weight is 319 g/mol. The number of halogens is 1. The third kappa shape index (κ3) is 3.08. The van der Waals surface area contributed by atoms with Crippen LogP contribution >= 0.6 is 23.8 Å². The van der Waals surface area contributed by atoms with Gasteiger partial charge in [-0.25, -0.2) is 13.1 Å². The standard InChI is InChI=1S/C12H15ClN2O2S2/c1-12(5-2-6-12)15-19(16,17)10-4-3-8(11(14)18)7-9(10)13/h3-4,7,15H,2,5-6H2,1H3,(H2,14,18). The van der Waals surface area contributed by atoms with Crippen molar-refractivity contribution in [2.24, 2.45) is 5.73 Å². The van der Waals surface area contributed by atoms with Gasteiger partial charge in [-0.3, -0.25) is 0 Å². The molecule has 1 aliphatic carbocycles. The van der Waals surface area contributed by atoms with Gasteiger partial charge in [-0.1, -0.05) is 29.9 Å². The van der Waals surface area contributed by atoms with E-state index in [-0.39, 0.29) is 20.4 Å². The lowest BCUT2D eigenvalue weighted by atomic mass is 9.80. The lowest BCUT2D eigenvalue weighted by Crippen LogP contribution is -2.50. The third-order valence-corrected chi connectivity index (χ3v) is 5.70. The molecule has 0 bridgehead atoms. The van der Waals surface area contributed by atoms with Crippen LogP contribution < -0.4 is 10.5 Å². The molecule has 0 atom stereocenters. The Morgan fingerprint density at radius 2 is 2.11 bits per heavy atom. The summed E-state index contributed by atoms with van der Waals surface area (Å²) < 4.78 is 27.3. The van der Waals surface area contributed by atoms with Crippen LogP contribution in [0, 0.1) is 0 Å². The first kappa shape index (κ1) is 14.7. The Kier molecular flexibility index (Phi) is 3.88. The Bertz CT molecular complexity index is 625. The summed E-state index contributed by atoms with van der Waals surface area (Å²) in [4.78, 5) is 0.243. The van der Waals surface area contributed by atoms with E-state index in [9.17, 15) is 8.42 Å². The van der Waals surface area contributed by atoms with Gasteiger partial charge in [-0.15, -0.1) is 0 Å². The minimum atomic E-state index is -3.62. The highest BCUT2D eigenvalue weighted by Gasteiger charge is 2.36. The maximum atomic E-state index is 12.3. The molecule has 2 rings (SSSR count). The predicted octanol–water partition coefficient (Wildman–Crippen LogP) is 2.20. The van der Waals surface area contributed by atoms with Gasteiger partial charge in [0.1, 0.15) is 9.88 Å². The summed E-state index contributed by atoms with van der Waals surface area (Å²) in [6, 6.07) is 4.47. The van der Waals surface area contributed by atoms with Crippen molar-refractivity contribution < 1.29 is 8.42 Å². The van der Waals surface area contributed by atoms with Crippen molar-refractivity contribution >= 4 is 38.8 Å². The van der Waals surface area contributed by atoms with Crippen LogP contribution in [0.1, 0.15) is 31.7 Å². The molecule has 0 saturated heterocycles. The highest BCUT2D eigenvalue weighted by Crippen LogP contribution is 2.33. The maximum Gasteiger partial charge on any atom is 0.242 e. The Morgan fingerprint density at radius 3 is 2.53 bits per heavy atom. The van der Waals surface area contributed by atoms with Gasteiger partial charge in [0.15, 0.2) is 0 Å². The molecule has 1 fully saturated rings. The van der Waals surface area contributed by atoms with Crippen LogP contribution in [-0.2, 0) is 10.0 Å². The molecule has 4 nitrogen and oxygen atoms in total. The van der Waals surface area contributed by atoms with Gasteiger partial charge in [-0.2, -0.15) is 0 Å². The second kappa shape index (κ2) is 5.01. The van der Waals surface area contributed by atoms with E-state index < -0.39 is 10.0 Å². The van der Waals surface area contributed by atoms with Crippen LogP contribution in [0.2, 0.25) is 5.02 Å². The number of hydrogen-bond donors (Lipinski definition) is 2. The van der Waals surface area contributed by atoms with E-state index in [1.54, 1.807) is 6.07 Å². The van der Waals surface area contributed by atoms with Crippen LogP contribution in [0.3, 0.4) is 0 Å². The van der Waals surface area contributed by atoms with E-state index in [2.05, 4.69) is 4.72 Å². The monoisotopic (exact) mass is 318 g/mol. The van der Waals surface area contributed by atoms with Gasteiger partial charge in [0.2, 0.25) is 10.0 Å². The molecule has 3 N–H and O–H groups in total. The molecule has 0 unspecified atom stereocenters. The van der Waals surface area contributed by atoms with Gasteiger partial charge in [0.25, 0.3) is 0 Å². The van der Waals surface area contributed by atoms with Crippen molar-refractivity contribution in [2.75, 3.05) is 0 Å². The highest BCUT2D eigenvalue weighted by atomic mass is 35.5. The number of nitrogens with one attached hydrogen (secondary N) is 1. The van der Waals surface area contributed by atoms with Gasteiger partial charge in [-0.05, 0) is 38.3 Å². The van der Waals surface area contributed by atoms with Crippen molar-refractivity contribution in [2.45, 2.75) is 36.6 Å². The predicted molar refractivity (Wildman–Crippen MR) is 79.9 cm³/mol. The second-order valence-electron chi connectivity index (χ2n) is 5.03. The molecule has 0 amide bonds. The zero-order valence-electron chi connectivity index (χ0n) is 10.4. The molecular formula is C12H15ClN2O2S2. The summed E-state index contributed by atoms with van der Waals surface area (Å²) in [6.07, 6.45) is 2.72. The van der Waals surface area contributed by atoms with Crippen molar-refractivity contribution in [1.82, 2.24) is 4.72 Å². The normalized spacial score (nSPS) is 17.8. The molecule has 1 aliphatic rings. The molecule has 1 saturated carbocycles. The average Bonchev–Trinajstić information content (AvgIpc) is 2.25. The maximum absolute atomic E-state index is 12.3. The summed E-state index contributed by atoms with van der Waals surface area (Å²) in [5, 5.41) is 0.126. The largest absolute Gasteiger partial charge is 0.389 e. The molecule has 7 heteroatoms. The summed E-state index contributed by atoms with van der Waals surface area (Å²) in [5.74, 6) is 0. The van der Waals surface area contributed by atoms with Crippen molar-refractivity contribution in [3.8, 4) is 0 Å². The lowest BCUT2D eigenvalue weighted by molar-refractivity contribution is 0.248. The molecule has 1 aromatic rings. The minimum absolute atomic E-state index is 0.0577. The van der Waals surface area contributed by atoms with Gasteiger partial charge in [0.05, 0.1) is 5.02 Å². The topological polar surface area (TPSA) is 72.2 Å². The first-order chi connectivity index (χ1) is 8.73. The molecule has 0 spiro atoms. The molecule has 0 heterocycles.